The van der Waals surface area contributed by atoms with Gasteiger partial charge in [0.2, 0.25) is 0 Å². The van der Waals surface area contributed by atoms with E-state index in [-0.39, 0.29) is 11.7 Å². The normalized spacial score (nSPS) is 10.7. The largest absolute Gasteiger partial charge is 0.494 e. The molecule has 2 aromatic heterocycles. The molecule has 0 aliphatic carbocycles. The monoisotopic (exact) mass is 369 g/mol. The average Bonchev–Trinajstić information content (AvgIpc) is 3.01. The quantitative estimate of drug-likeness (QED) is 0.593. The number of aromatic nitrogens is 3. The van der Waals surface area contributed by atoms with Crippen LogP contribution in [0.15, 0.2) is 53.5 Å². The van der Waals surface area contributed by atoms with E-state index in [1.807, 2.05) is 37.3 Å². The number of ether oxygens (including phenoxy) is 1. The van der Waals surface area contributed by atoms with Gasteiger partial charge in [0.15, 0.2) is 5.65 Å². The summed E-state index contributed by atoms with van der Waals surface area (Å²) in [4.78, 5) is 24.1. The van der Waals surface area contributed by atoms with Gasteiger partial charge in [-0.25, -0.2) is 14.3 Å². The summed E-state index contributed by atoms with van der Waals surface area (Å²) in [6.07, 6.45) is 2.29. The smallest absolute Gasteiger partial charge is 0.350 e. The highest BCUT2D eigenvalue weighted by molar-refractivity contribution is 5.73. The van der Waals surface area contributed by atoms with Crippen LogP contribution in [0.1, 0.15) is 18.9 Å². The molecule has 2 heterocycles. The number of carbonyl (C=O) groups excluding carboxylic acids is 1. The topological polar surface area (TPSA) is 89.7 Å². The summed E-state index contributed by atoms with van der Waals surface area (Å²) in [7, 11) is 0. The van der Waals surface area contributed by atoms with Crippen molar-refractivity contribution in [2.45, 2.75) is 26.4 Å². The van der Waals surface area contributed by atoms with Crippen LogP contribution in [0.2, 0.25) is 0 Å². The second kappa shape index (κ2) is 8.88. The molecule has 0 spiro atoms. The number of hydrogen-bond donors (Lipinski definition) is 2. The number of urea groups is 1. The van der Waals surface area contributed by atoms with Crippen molar-refractivity contribution in [1.82, 2.24) is 24.8 Å². The van der Waals surface area contributed by atoms with E-state index in [2.05, 4.69) is 15.7 Å². The number of carbonyl (C=O) groups is 1. The van der Waals surface area contributed by atoms with Gasteiger partial charge in [-0.3, -0.25) is 4.40 Å². The lowest BCUT2D eigenvalue weighted by atomic mass is 10.2. The van der Waals surface area contributed by atoms with Crippen LogP contribution in [0.3, 0.4) is 0 Å². The lowest BCUT2D eigenvalue weighted by Crippen LogP contribution is -2.36. The molecular formula is C19H23N5O3. The second-order valence-electron chi connectivity index (χ2n) is 5.94. The summed E-state index contributed by atoms with van der Waals surface area (Å²) in [5.41, 5.74) is 1.36. The molecule has 1 aromatic carbocycles. The first-order valence-electron chi connectivity index (χ1n) is 8.95. The Morgan fingerprint density at radius 1 is 1.15 bits per heavy atom. The van der Waals surface area contributed by atoms with Crippen molar-refractivity contribution in [1.29, 1.82) is 0 Å². The van der Waals surface area contributed by atoms with Gasteiger partial charge in [0, 0.05) is 31.4 Å². The third kappa shape index (κ3) is 4.66. The number of para-hydroxylation sites is 1. The zero-order chi connectivity index (χ0) is 19.1. The maximum atomic E-state index is 12.2. The average molecular weight is 369 g/mol. The van der Waals surface area contributed by atoms with Gasteiger partial charge in [-0.1, -0.05) is 24.3 Å². The number of amides is 2. The molecule has 0 unspecified atom stereocenters. The number of hydrogen-bond acceptors (Lipinski definition) is 4. The third-order valence-corrected chi connectivity index (χ3v) is 4.03. The van der Waals surface area contributed by atoms with E-state index in [1.54, 1.807) is 18.3 Å². The van der Waals surface area contributed by atoms with E-state index < -0.39 is 0 Å². The first-order chi connectivity index (χ1) is 13.2. The second-order valence-corrected chi connectivity index (χ2v) is 5.94. The number of nitrogens with zero attached hydrogens (tertiary/aromatic N) is 3. The molecule has 2 amide bonds. The van der Waals surface area contributed by atoms with Crippen LogP contribution in [0.25, 0.3) is 5.65 Å². The Balaban J connectivity index is 1.43. The van der Waals surface area contributed by atoms with E-state index in [4.69, 9.17) is 4.74 Å². The van der Waals surface area contributed by atoms with Crippen LogP contribution in [0.5, 0.6) is 5.75 Å². The minimum Gasteiger partial charge on any atom is -0.494 e. The molecule has 8 heteroatoms. The van der Waals surface area contributed by atoms with Gasteiger partial charge in [-0.15, -0.1) is 5.10 Å². The summed E-state index contributed by atoms with van der Waals surface area (Å²) < 4.78 is 8.45. The minimum atomic E-state index is -0.261. The Kier molecular flexibility index (Phi) is 6.09. The summed E-state index contributed by atoms with van der Waals surface area (Å²) in [6.45, 7) is 3.76. The van der Waals surface area contributed by atoms with Crippen LogP contribution in [0, 0.1) is 0 Å². The van der Waals surface area contributed by atoms with Crippen molar-refractivity contribution in [3.8, 4) is 5.75 Å². The predicted molar refractivity (Wildman–Crippen MR) is 102 cm³/mol. The lowest BCUT2D eigenvalue weighted by Gasteiger charge is -2.11. The molecule has 0 saturated heterocycles. The molecule has 27 heavy (non-hydrogen) atoms. The Hall–Kier alpha value is -3.29. The molecule has 8 nitrogen and oxygen atoms in total. The molecule has 0 atom stereocenters. The van der Waals surface area contributed by atoms with Crippen molar-refractivity contribution in [3.05, 3.63) is 64.7 Å². The Morgan fingerprint density at radius 2 is 1.96 bits per heavy atom. The van der Waals surface area contributed by atoms with E-state index in [0.717, 1.165) is 11.3 Å². The molecule has 0 aliphatic heterocycles. The van der Waals surface area contributed by atoms with E-state index in [9.17, 15) is 9.59 Å². The van der Waals surface area contributed by atoms with Gasteiger partial charge in [0.05, 0.1) is 6.61 Å². The molecule has 142 valence electrons. The molecule has 2 N–H and O–H groups in total. The molecule has 0 bridgehead atoms. The Morgan fingerprint density at radius 3 is 2.78 bits per heavy atom. The first kappa shape index (κ1) is 18.5. The number of rotatable bonds is 8. The van der Waals surface area contributed by atoms with Crippen LogP contribution in [-0.2, 0) is 13.1 Å². The van der Waals surface area contributed by atoms with Crippen LogP contribution >= 0.6 is 0 Å². The van der Waals surface area contributed by atoms with Gasteiger partial charge in [-0.05, 0) is 31.5 Å². The van der Waals surface area contributed by atoms with Gasteiger partial charge >= 0.3 is 11.7 Å². The van der Waals surface area contributed by atoms with E-state index >= 15 is 0 Å². The minimum absolute atomic E-state index is 0.178. The summed E-state index contributed by atoms with van der Waals surface area (Å²) in [6, 6.07) is 12.7. The number of nitrogens with one attached hydrogen (secondary N) is 2. The fourth-order valence-electron chi connectivity index (χ4n) is 2.73. The number of pyridine rings is 1. The van der Waals surface area contributed by atoms with Gasteiger partial charge in [0.25, 0.3) is 0 Å². The van der Waals surface area contributed by atoms with E-state index in [0.29, 0.717) is 38.3 Å². The zero-order valence-electron chi connectivity index (χ0n) is 15.2. The van der Waals surface area contributed by atoms with Crippen molar-refractivity contribution in [3.63, 3.8) is 0 Å². The fourth-order valence-corrected chi connectivity index (χ4v) is 2.73. The standard InChI is InChI=1S/C19H23N5O3/c1-2-27-16-9-4-3-8-15(16)14-21-18(25)20-11-7-13-24-19(26)23-12-6-5-10-17(23)22-24/h3-6,8-10,12H,2,7,11,13-14H2,1H3,(H2,20,21,25). The summed E-state index contributed by atoms with van der Waals surface area (Å²) in [5, 5.41) is 9.85. The van der Waals surface area contributed by atoms with E-state index in [1.165, 1.54) is 9.08 Å². The van der Waals surface area contributed by atoms with Gasteiger partial charge < -0.3 is 15.4 Å². The van der Waals surface area contributed by atoms with Crippen molar-refractivity contribution in [2.24, 2.45) is 0 Å². The fraction of sp³-hybridized carbons (Fsp3) is 0.316. The summed E-state index contributed by atoms with van der Waals surface area (Å²) >= 11 is 0. The molecule has 0 aliphatic rings. The highest BCUT2D eigenvalue weighted by atomic mass is 16.5. The van der Waals surface area contributed by atoms with Crippen LogP contribution in [0.4, 0.5) is 4.79 Å². The molecule has 0 fully saturated rings. The number of benzene rings is 1. The lowest BCUT2D eigenvalue weighted by molar-refractivity contribution is 0.240. The maximum absolute atomic E-state index is 12.2. The molecule has 3 rings (SSSR count). The van der Waals surface area contributed by atoms with Crippen molar-refractivity contribution >= 4 is 11.7 Å². The Labute approximate surface area is 156 Å². The number of fused-ring (bicyclic) bond motifs is 1. The molecule has 3 aromatic rings. The van der Waals surface area contributed by atoms with Crippen LogP contribution < -0.4 is 21.1 Å². The highest BCUT2D eigenvalue weighted by Gasteiger charge is 2.07. The zero-order valence-corrected chi connectivity index (χ0v) is 15.2. The third-order valence-electron chi connectivity index (χ3n) is 4.03. The van der Waals surface area contributed by atoms with Crippen LogP contribution in [-0.4, -0.2) is 33.4 Å². The predicted octanol–water partition coefficient (Wildman–Crippen LogP) is 1.78. The Bertz CT molecular complexity index is 963. The van der Waals surface area contributed by atoms with Gasteiger partial charge in [0.1, 0.15) is 5.75 Å². The molecule has 0 radical (unpaired) electrons. The van der Waals surface area contributed by atoms with Crippen molar-refractivity contribution < 1.29 is 9.53 Å². The summed E-state index contributed by atoms with van der Waals surface area (Å²) in [5.74, 6) is 0.770. The SMILES string of the molecule is CCOc1ccccc1CNC(=O)NCCCn1nc2ccccn2c1=O. The first-order valence-corrected chi connectivity index (χ1v) is 8.95. The van der Waals surface area contributed by atoms with Gasteiger partial charge in [-0.2, -0.15) is 0 Å². The number of aryl methyl sites for hydroxylation is 1. The molecular weight excluding hydrogens is 346 g/mol. The van der Waals surface area contributed by atoms with Crippen molar-refractivity contribution in [2.75, 3.05) is 13.2 Å². The molecule has 0 saturated carbocycles. The maximum Gasteiger partial charge on any atom is 0.350 e. The highest BCUT2D eigenvalue weighted by Crippen LogP contribution is 2.17.